The van der Waals surface area contributed by atoms with E-state index in [1.165, 1.54) is 36.5 Å². The Bertz CT molecular complexity index is 732. The second kappa shape index (κ2) is 12.0. The molecular weight excluding hydrogens is 352 g/mol. The van der Waals surface area contributed by atoms with Crippen molar-refractivity contribution in [3.8, 4) is 0 Å². The fourth-order valence-electron chi connectivity index (χ4n) is 3.12. The van der Waals surface area contributed by atoms with E-state index in [0.29, 0.717) is 12.8 Å². The van der Waals surface area contributed by atoms with Gasteiger partial charge in [0.2, 0.25) is 0 Å². The van der Waals surface area contributed by atoms with Crippen LogP contribution in [0, 0.1) is 0 Å². The molecule has 0 N–H and O–H groups in total. The molecule has 0 saturated heterocycles. The Balaban J connectivity index is 1.75. The van der Waals surface area contributed by atoms with E-state index in [0.717, 1.165) is 38.5 Å². The van der Waals surface area contributed by atoms with Crippen molar-refractivity contribution in [1.29, 1.82) is 0 Å². The summed E-state index contributed by atoms with van der Waals surface area (Å²) in [5, 5.41) is 0. The van der Waals surface area contributed by atoms with Gasteiger partial charge in [0.25, 0.3) is 0 Å². The highest BCUT2D eigenvalue weighted by Gasteiger charge is 2.03. The van der Waals surface area contributed by atoms with Gasteiger partial charge in [-0.1, -0.05) is 48.5 Å². The molecule has 0 spiro atoms. The van der Waals surface area contributed by atoms with Crippen LogP contribution >= 0.6 is 0 Å². The summed E-state index contributed by atoms with van der Waals surface area (Å²) in [5.74, 6) is -0.284. The topological polar surface area (TPSA) is 52.6 Å². The molecule has 0 fully saturated rings. The van der Waals surface area contributed by atoms with E-state index in [1.807, 2.05) is 0 Å². The third kappa shape index (κ3) is 7.95. The molecule has 0 unspecified atom stereocenters. The first-order chi connectivity index (χ1) is 13.6. The minimum Gasteiger partial charge on any atom is -0.469 e. The van der Waals surface area contributed by atoms with Crippen molar-refractivity contribution in [3.63, 3.8) is 0 Å². The number of rotatable bonds is 11. The lowest BCUT2D eigenvalue weighted by Gasteiger charge is -2.06. The van der Waals surface area contributed by atoms with Crippen LogP contribution in [0.3, 0.4) is 0 Å². The fourth-order valence-corrected chi connectivity index (χ4v) is 3.12. The summed E-state index contributed by atoms with van der Waals surface area (Å²) in [6.07, 6.45) is 6.41. The number of aryl methyl sites for hydroxylation is 2. The predicted octanol–water partition coefficient (Wildman–Crippen LogP) is 4.66. The van der Waals surface area contributed by atoms with Gasteiger partial charge in [0.05, 0.1) is 14.2 Å². The second-order valence-electron chi connectivity index (χ2n) is 7.02. The molecule has 0 aromatic heterocycles. The van der Waals surface area contributed by atoms with Crippen LogP contribution in [0.4, 0.5) is 0 Å². The van der Waals surface area contributed by atoms with Gasteiger partial charge in [0, 0.05) is 12.8 Å². The van der Waals surface area contributed by atoms with Crippen LogP contribution in [0.15, 0.2) is 48.5 Å². The Labute approximate surface area is 167 Å². The maximum atomic E-state index is 11.2. The summed E-state index contributed by atoms with van der Waals surface area (Å²) in [5.41, 5.74) is 5.11. The number of unbranched alkanes of at least 4 members (excludes halogenated alkanes) is 1. The molecule has 0 aliphatic heterocycles. The van der Waals surface area contributed by atoms with Gasteiger partial charge in [-0.05, 0) is 60.8 Å². The molecule has 0 saturated carbocycles. The second-order valence-corrected chi connectivity index (χ2v) is 7.02. The van der Waals surface area contributed by atoms with E-state index in [2.05, 4.69) is 58.0 Å². The number of ether oxygens (including phenoxy) is 2. The lowest BCUT2D eigenvalue weighted by molar-refractivity contribution is -0.141. The van der Waals surface area contributed by atoms with E-state index in [-0.39, 0.29) is 11.9 Å². The standard InChI is InChI=1S/C24H30O4/c1-27-23(25)8-4-3-6-19-10-14-21(15-11-19)18-22-16-12-20(13-17-22)7-5-9-24(26)28-2/h10-17H,3-9,18H2,1-2H3. The number of hydrogen-bond donors (Lipinski definition) is 0. The number of esters is 2. The van der Waals surface area contributed by atoms with Crippen LogP contribution in [0.1, 0.15) is 54.4 Å². The fraction of sp³-hybridized carbons (Fsp3) is 0.417. The van der Waals surface area contributed by atoms with Gasteiger partial charge in [-0.15, -0.1) is 0 Å². The number of carbonyl (C=O) groups is 2. The molecule has 0 radical (unpaired) electrons. The summed E-state index contributed by atoms with van der Waals surface area (Å²) in [6, 6.07) is 17.3. The highest BCUT2D eigenvalue weighted by Crippen LogP contribution is 2.15. The molecule has 150 valence electrons. The quantitative estimate of drug-likeness (QED) is 0.419. The molecule has 0 aliphatic rings. The molecule has 0 aliphatic carbocycles. The van der Waals surface area contributed by atoms with E-state index in [1.54, 1.807) is 0 Å². The summed E-state index contributed by atoms with van der Waals surface area (Å²) < 4.78 is 9.32. The van der Waals surface area contributed by atoms with Crippen molar-refractivity contribution in [3.05, 3.63) is 70.8 Å². The summed E-state index contributed by atoms with van der Waals surface area (Å²) >= 11 is 0. The van der Waals surface area contributed by atoms with E-state index < -0.39 is 0 Å². The minimum absolute atomic E-state index is 0.134. The third-order valence-corrected chi connectivity index (χ3v) is 4.85. The van der Waals surface area contributed by atoms with Gasteiger partial charge in [-0.25, -0.2) is 0 Å². The third-order valence-electron chi connectivity index (χ3n) is 4.85. The van der Waals surface area contributed by atoms with E-state index in [4.69, 9.17) is 0 Å². The van der Waals surface area contributed by atoms with Crippen LogP contribution in [0.25, 0.3) is 0 Å². The number of hydrogen-bond acceptors (Lipinski definition) is 4. The Morgan fingerprint density at radius 3 is 1.46 bits per heavy atom. The molecule has 28 heavy (non-hydrogen) atoms. The van der Waals surface area contributed by atoms with Gasteiger partial charge >= 0.3 is 11.9 Å². The van der Waals surface area contributed by atoms with E-state index in [9.17, 15) is 9.59 Å². The largest absolute Gasteiger partial charge is 0.469 e. The smallest absolute Gasteiger partial charge is 0.305 e. The minimum atomic E-state index is -0.150. The zero-order valence-electron chi connectivity index (χ0n) is 16.9. The Hall–Kier alpha value is -2.62. The molecule has 0 heterocycles. The lowest BCUT2D eigenvalue weighted by Crippen LogP contribution is -2.00. The van der Waals surface area contributed by atoms with Gasteiger partial charge in [-0.3, -0.25) is 9.59 Å². The van der Waals surface area contributed by atoms with Gasteiger partial charge in [0.1, 0.15) is 0 Å². The molecule has 4 nitrogen and oxygen atoms in total. The average Bonchev–Trinajstić information content (AvgIpc) is 2.73. The molecule has 0 amide bonds. The molecular formula is C24H30O4. The first kappa shape index (κ1) is 21.7. The molecule has 2 aromatic carbocycles. The summed E-state index contributed by atoms with van der Waals surface area (Å²) in [6.45, 7) is 0. The first-order valence-corrected chi connectivity index (χ1v) is 9.90. The van der Waals surface area contributed by atoms with Gasteiger partial charge in [0.15, 0.2) is 0 Å². The monoisotopic (exact) mass is 382 g/mol. The zero-order valence-corrected chi connectivity index (χ0v) is 16.9. The van der Waals surface area contributed by atoms with Crippen LogP contribution in [0.2, 0.25) is 0 Å². The van der Waals surface area contributed by atoms with Crippen LogP contribution < -0.4 is 0 Å². The zero-order chi connectivity index (χ0) is 20.2. The predicted molar refractivity (Wildman–Crippen MR) is 110 cm³/mol. The maximum absolute atomic E-state index is 11.2. The van der Waals surface area contributed by atoms with Gasteiger partial charge in [-0.2, -0.15) is 0 Å². The highest BCUT2D eigenvalue weighted by molar-refractivity contribution is 5.69. The van der Waals surface area contributed by atoms with E-state index >= 15 is 0 Å². The van der Waals surface area contributed by atoms with Gasteiger partial charge < -0.3 is 9.47 Å². The van der Waals surface area contributed by atoms with Crippen molar-refractivity contribution >= 4 is 11.9 Å². The van der Waals surface area contributed by atoms with Crippen molar-refractivity contribution < 1.29 is 19.1 Å². The first-order valence-electron chi connectivity index (χ1n) is 9.90. The molecule has 0 bridgehead atoms. The number of methoxy groups -OCH3 is 2. The van der Waals surface area contributed by atoms with Crippen molar-refractivity contribution in [2.75, 3.05) is 14.2 Å². The number of benzene rings is 2. The van der Waals surface area contributed by atoms with Crippen molar-refractivity contribution in [2.45, 2.75) is 51.4 Å². The summed E-state index contributed by atoms with van der Waals surface area (Å²) in [4.78, 5) is 22.3. The average molecular weight is 383 g/mol. The van der Waals surface area contributed by atoms with Crippen LogP contribution in [-0.2, 0) is 38.3 Å². The SMILES string of the molecule is COC(=O)CCCCc1ccc(Cc2ccc(CCCC(=O)OC)cc2)cc1. The summed E-state index contributed by atoms with van der Waals surface area (Å²) in [7, 11) is 2.86. The van der Waals surface area contributed by atoms with Crippen molar-refractivity contribution in [1.82, 2.24) is 0 Å². The maximum Gasteiger partial charge on any atom is 0.305 e. The van der Waals surface area contributed by atoms with Crippen LogP contribution in [0.5, 0.6) is 0 Å². The lowest BCUT2D eigenvalue weighted by atomic mass is 9.99. The number of carbonyl (C=O) groups excluding carboxylic acids is 2. The van der Waals surface area contributed by atoms with Crippen LogP contribution in [-0.4, -0.2) is 26.2 Å². The molecule has 2 rings (SSSR count). The Morgan fingerprint density at radius 1 is 0.607 bits per heavy atom. The highest BCUT2D eigenvalue weighted by atomic mass is 16.5. The molecule has 2 aromatic rings. The molecule has 0 atom stereocenters. The Morgan fingerprint density at radius 2 is 1.00 bits per heavy atom. The molecule has 4 heteroatoms. The normalized spacial score (nSPS) is 10.5. The Kier molecular flexibility index (Phi) is 9.26. The van der Waals surface area contributed by atoms with Crippen molar-refractivity contribution in [2.24, 2.45) is 0 Å².